The van der Waals surface area contributed by atoms with E-state index >= 15 is 0 Å². The largest absolute Gasteiger partial charge is 0.349 e. The number of amides is 1. The van der Waals surface area contributed by atoms with E-state index in [1.54, 1.807) is 0 Å². The summed E-state index contributed by atoms with van der Waals surface area (Å²) in [4.78, 5) is 12.0. The van der Waals surface area contributed by atoms with Crippen LogP contribution in [0.15, 0.2) is 28.7 Å². The van der Waals surface area contributed by atoms with Gasteiger partial charge in [-0.05, 0) is 37.5 Å². The number of alkyl halides is 2. The smallest absolute Gasteiger partial charge is 0.226 e. The molecule has 0 unspecified atom stereocenters. The lowest BCUT2D eigenvalue weighted by molar-refractivity contribution is -0.136. The van der Waals surface area contributed by atoms with Gasteiger partial charge in [0.1, 0.15) is 0 Å². The van der Waals surface area contributed by atoms with Gasteiger partial charge in [-0.1, -0.05) is 35.0 Å². The number of hydrogen-bond donors (Lipinski definition) is 1. The number of carbonyl (C=O) groups excluding carboxylic acids is 1. The summed E-state index contributed by atoms with van der Waals surface area (Å²) in [5.74, 6) is 0.439. The third-order valence-electron chi connectivity index (χ3n) is 3.92. The predicted molar refractivity (Wildman–Crippen MR) is 87.3 cm³/mol. The van der Waals surface area contributed by atoms with E-state index < -0.39 is 10.3 Å². The lowest BCUT2D eigenvalue weighted by Gasteiger charge is -2.49. The van der Waals surface area contributed by atoms with E-state index in [0.29, 0.717) is 18.7 Å². The summed E-state index contributed by atoms with van der Waals surface area (Å²) in [5.41, 5.74) is 0.680. The fourth-order valence-corrected chi connectivity index (χ4v) is 3.85. The standard InChI is InChI=1S/C15H18BrCl2NO/c1-10(11-3-5-12(16)6-4-11)19-13(20)14(2)7-15(18,8-14)9-17/h3-6,10H,7-9H2,1-2H3,(H,19,20)/t10-,14?,15?/m1/s1. The van der Waals surface area contributed by atoms with Crippen molar-refractivity contribution in [3.05, 3.63) is 34.3 Å². The van der Waals surface area contributed by atoms with Crippen molar-refractivity contribution in [2.75, 3.05) is 5.88 Å². The molecule has 0 saturated heterocycles. The molecular weight excluding hydrogens is 361 g/mol. The third-order valence-corrected chi connectivity index (χ3v) is 5.50. The molecule has 1 saturated carbocycles. The van der Waals surface area contributed by atoms with Crippen LogP contribution in [0.1, 0.15) is 38.3 Å². The van der Waals surface area contributed by atoms with Gasteiger partial charge in [0.2, 0.25) is 5.91 Å². The highest BCUT2D eigenvalue weighted by Crippen LogP contribution is 2.53. The monoisotopic (exact) mass is 377 g/mol. The van der Waals surface area contributed by atoms with Crippen LogP contribution < -0.4 is 5.32 Å². The van der Waals surface area contributed by atoms with Crippen LogP contribution in [-0.2, 0) is 4.79 Å². The van der Waals surface area contributed by atoms with Crippen molar-refractivity contribution in [1.29, 1.82) is 0 Å². The van der Waals surface area contributed by atoms with Gasteiger partial charge in [0, 0.05) is 15.8 Å². The van der Waals surface area contributed by atoms with Crippen LogP contribution in [0.4, 0.5) is 0 Å². The lowest BCUT2D eigenvalue weighted by Crippen LogP contribution is -2.55. The summed E-state index contributed by atoms with van der Waals surface area (Å²) in [5, 5.41) is 3.06. The van der Waals surface area contributed by atoms with Gasteiger partial charge in [-0.15, -0.1) is 23.2 Å². The molecule has 0 aliphatic heterocycles. The first kappa shape index (κ1) is 16.1. The zero-order chi connectivity index (χ0) is 15.0. The highest BCUT2D eigenvalue weighted by Gasteiger charge is 2.54. The van der Waals surface area contributed by atoms with Crippen LogP contribution in [0.25, 0.3) is 0 Å². The van der Waals surface area contributed by atoms with Crippen molar-refractivity contribution in [1.82, 2.24) is 5.32 Å². The SMILES string of the molecule is C[C@@H](NC(=O)C1(C)CC(Cl)(CCl)C1)c1ccc(Br)cc1. The summed E-state index contributed by atoms with van der Waals surface area (Å²) in [6.45, 7) is 3.93. The number of halogens is 3. The number of rotatable bonds is 4. The second-order valence-electron chi connectivity index (χ2n) is 5.95. The second kappa shape index (κ2) is 5.86. The first-order chi connectivity index (χ1) is 9.28. The minimum absolute atomic E-state index is 0.0197. The van der Waals surface area contributed by atoms with Crippen molar-refractivity contribution in [2.45, 2.75) is 37.6 Å². The summed E-state index contributed by atoms with van der Waals surface area (Å²) < 4.78 is 1.03. The van der Waals surface area contributed by atoms with Crippen LogP contribution in [0, 0.1) is 5.41 Å². The summed E-state index contributed by atoms with van der Waals surface area (Å²) in [7, 11) is 0. The Morgan fingerprint density at radius 3 is 2.45 bits per heavy atom. The quantitative estimate of drug-likeness (QED) is 0.759. The molecule has 1 N–H and O–H groups in total. The maximum atomic E-state index is 12.4. The normalized spacial score (nSPS) is 30.4. The van der Waals surface area contributed by atoms with Gasteiger partial charge in [-0.2, -0.15) is 0 Å². The fraction of sp³-hybridized carbons (Fsp3) is 0.533. The maximum absolute atomic E-state index is 12.4. The van der Waals surface area contributed by atoms with Crippen LogP contribution in [0.5, 0.6) is 0 Å². The molecule has 0 aromatic heterocycles. The molecule has 0 heterocycles. The molecule has 1 fully saturated rings. The number of nitrogens with one attached hydrogen (secondary N) is 1. The molecule has 0 bridgehead atoms. The first-order valence-corrected chi connectivity index (χ1v) is 8.30. The molecular formula is C15H18BrCl2NO. The molecule has 1 amide bonds. The summed E-state index contributed by atoms with van der Waals surface area (Å²) >= 11 is 15.5. The van der Waals surface area contributed by atoms with Gasteiger partial charge in [-0.25, -0.2) is 0 Å². The number of carbonyl (C=O) groups is 1. The first-order valence-electron chi connectivity index (χ1n) is 6.59. The molecule has 1 aliphatic carbocycles. The van der Waals surface area contributed by atoms with E-state index in [1.165, 1.54) is 0 Å². The molecule has 110 valence electrons. The second-order valence-corrected chi connectivity index (χ2v) is 7.93. The molecule has 1 aromatic carbocycles. The lowest BCUT2D eigenvalue weighted by atomic mass is 9.62. The Morgan fingerprint density at radius 2 is 1.95 bits per heavy atom. The summed E-state index contributed by atoms with van der Waals surface area (Å²) in [6, 6.07) is 7.93. The Morgan fingerprint density at radius 1 is 1.40 bits per heavy atom. The molecule has 2 rings (SSSR count). The van der Waals surface area contributed by atoms with Crippen LogP contribution >= 0.6 is 39.1 Å². The van der Waals surface area contributed by atoms with Gasteiger partial charge >= 0.3 is 0 Å². The van der Waals surface area contributed by atoms with Crippen molar-refractivity contribution in [2.24, 2.45) is 5.41 Å². The molecule has 0 spiro atoms. The molecule has 2 nitrogen and oxygen atoms in total. The van der Waals surface area contributed by atoms with E-state index in [1.807, 2.05) is 38.1 Å². The van der Waals surface area contributed by atoms with Gasteiger partial charge in [0.25, 0.3) is 0 Å². The predicted octanol–water partition coefficient (Wildman–Crippen LogP) is 4.64. The van der Waals surface area contributed by atoms with E-state index in [4.69, 9.17) is 23.2 Å². The zero-order valence-corrected chi connectivity index (χ0v) is 14.6. The van der Waals surface area contributed by atoms with Crippen molar-refractivity contribution in [3.8, 4) is 0 Å². The van der Waals surface area contributed by atoms with Crippen LogP contribution in [-0.4, -0.2) is 16.7 Å². The average Bonchev–Trinajstić information content (AvgIpc) is 2.37. The minimum Gasteiger partial charge on any atom is -0.349 e. The molecule has 5 heteroatoms. The van der Waals surface area contributed by atoms with Gasteiger partial charge in [-0.3, -0.25) is 4.79 Å². The molecule has 0 radical (unpaired) electrons. The zero-order valence-electron chi connectivity index (χ0n) is 11.6. The van der Waals surface area contributed by atoms with Crippen molar-refractivity contribution >= 4 is 45.0 Å². The molecule has 20 heavy (non-hydrogen) atoms. The maximum Gasteiger partial charge on any atom is 0.226 e. The Balaban J connectivity index is 1.97. The Bertz CT molecular complexity index is 497. The van der Waals surface area contributed by atoms with Crippen molar-refractivity contribution < 1.29 is 4.79 Å². The molecule has 1 atom stereocenters. The Hall–Kier alpha value is -0.250. The minimum atomic E-state index is -0.408. The van der Waals surface area contributed by atoms with E-state index in [9.17, 15) is 4.79 Å². The van der Waals surface area contributed by atoms with E-state index in [0.717, 1.165) is 10.0 Å². The van der Waals surface area contributed by atoms with E-state index in [2.05, 4.69) is 21.2 Å². The van der Waals surface area contributed by atoms with Gasteiger partial charge in [0.05, 0.1) is 10.9 Å². The van der Waals surface area contributed by atoms with Gasteiger partial charge < -0.3 is 5.32 Å². The summed E-state index contributed by atoms with van der Waals surface area (Å²) in [6.07, 6.45) is 1.26. The van der Waals surface area contributed by atoms with Crippen LogP contribution in [0.2, 0.25) is 0 Å². The number of benzene rings is 1. The van der Waals surface area contributed by atoms with E-state index in [-0.39, 0.29) is 11.9 Å². The topological polar surface area (TPSA) is 29.1 Å². The average molecular weight is 379 g/mol. The number of hydrogen-bond acceptors (Lipinski definition) is 1. The molecule has 1 aliphatic rings. The van der Waals surface area contributed by atoms with Crippen LogP contribution in [0.3, 0.4) is 0 Å². The Kier molecular flexibility index (Phi) is 4.73. The van der Waals surface area contributed by atoms with Crippen molar-refractivity contribution in [3.63, 3.8) is 0 Å². The highest BCUT2D eigenvalue weighted by atomic mass is 79.9. The Labute approximate surface area is 138 Å². The molecule has 1 aromatic rings. The third kappa shape index (κ3) is 3.32. The fourth-order valence-electron chi connectivity index (χ4n) is 2.81. The highest BCUT2D eigenvalue weighted by molar-refractivity contribution is 9.10. The van der Waals surface area contributed by atoms with Gasteiger partial charge in [0.15, 0.2) is 0 Å².